The number of nitrogens with one attached hydrogen (secondary N) is 1. The molecule has 0 fully saturated rings. The minimum atomic E-state index is -0.676. The molecule has 4 rings (SSSR count). The topological polar surface area (TPSA) is 85.6 Å². The second kappa shape index (κ2) is 8.46. The number of amides is 1. The fraction of sp³-hybridized carbons (Fsp3) is 0.182. The molecular formula is C22H20N4O3S. The number of hydrogen-bond acceptors (Lipinski definition) is 6. The first-order valence-electron chi connectivity index (χ1n) is 9.46. The van der Waals surface area contributed by atoms with E-state index in [1.54, 1.807) is 13.0 Å². The molecule has 152 valence electrons. The second-order valence-electron chi connectivity index (χ2n) is 6.85. The van der Waals surface area contributed by atoms with Gasteiger partial charge < -0.3 is 10.1 Å². The van der Waals surface area contributed by atoms with Crippen LogP contribution in [0.1, 0.15) is 18.2 Å². The Morgan fingerprint density at radius 1 is 1.17 bits per heavy atom. The summed E-state index contributed by atoms with van der Waals surface area (Å²) in [6.45, 7) is 3.77. The molecule has 0 bridgehead atoms. The van der Waals surface area contributed by atoms with Crippen molar-refractivity contribution in [3.05, 3.63) is 82.3 Å². The van der Waals surface area contributed by atoms with E-state index < -0.39 is 6.10 Å². The van der Waals surface area contributed by atoms with E-state index in [0.29, 0.717) is 21.4 Å². The van der Waals surface area contributed by atoms with Crippen LogP contribution in [-0.4, -0.2) is 26.6 Å². The van der Waals surface area contributed by atoms with Crippen LogP contribution in [0.4, 0.5) is 0 Å². The standard InChI is InChI=1S/C22H20N4O3S/c1-14-7-6-10-18(11-14)29-15(2)20(28)23-13-17-12-19(27)26-22(24-17)30-21(25-26)16-8-4-3-5-9-16/h3-12,15H,13H2,1-2H3,(H,23,28)/t15-/m1/s1. The Balaban J connectivity index is 1.46. The van der Waals surface area contributed by atoms with E-state index in [2.05, 4.69) is 15.4 Å². The van der Waals surface area contributed by atoms with Crippen molar-refractivity contribution in [1.82, 2.24) is 19.9 Å². The molecule has 8 heteroatoms. The predicted molar refractivity (Wildman–Crippen MR) is 116 cm³/mol. The molecule has 0 saturated heterocycles. The fourth-order valence-electron chi connectivity index (χ4n) is 2.91. The lowest BCUT2D eigenvalue weighted by atomic mass is 10.2. The van der Waals surface area contributed by atoms with Crippen molar-refractivity contribution in [2.75, 3.05) is 0 Å². The average Bonchev–Trinajstić information content (AvgIpc) is 3.17. The zero-order valence-corrected chi connectivity index (χ0v) is 17.3. The summed E-state index contributed by atoms with van der Waals surface area (Å²) in [6, 6.07) is 18.5. The number of carbonyl (C=O) groups excluding carboxylic acids is 1. The first-order valence-corrected chi connectivity index (χ1v) is 10.3. The molecule has 0 radical (unpaired) electrons. The first kappa shape index (κ1) is 19.8. The van der Waals surface area contributed by atoms with Crippen molar-refractivity contribution in [2.45, 2.75) is 26.5 Å². The summed E-state index contributed by atoms with van der Waals surface area (Å²) in [7, 11) is 0. The summed E-state index contributed by atoms with van der Waals surface area (Å²) in [4.78, 5) is 29.8. The lowest BCUT2D eigenvalue weighted by molar-refractivity contribution is -0.127. The van der Waals surface area contributed by atoms with Gasteiger partial charge in [-0.05, 0) is 31.5 Å². The van der Waals surface area contributed by atoms with Crippen LogP contribution in [0.15, 0.2) is 65.5 Å². The number of hydrogen-bond donors (Lipinski definition) is 1. The van der Waals surface area contributed by atoms with Gasteiger partial charge in [0, 0.05) is 11.6 Å². The smallest absolute Gasteiger partial charge is 0.275 e. The van der Waals surface area contributed by atoms with Crippen molar-refractivity contribution in [3.8, 4) is 16.3 Å². The van der Waals surface area contributed by atoms with Gasteiger partial charge in [-0.25, -0.2) is 4.98 Å². The molecule has 0 unspecified atom stereocenters. The number of fused-ring (bicyclic) bond motifs is 1. The molecule has 2 aromatic heterocycles. The van der Waals surface area contributed by atoms with Crippen LogP contribution < -0.4 is 15.6 Å². The summed E-state index contributed by atoms with van der Waals surface area (Å²) in [5.41, 5.74) is 2.16. The highest BCUT2D eigenvalue weighted by atomic mass is 32.1. The highest BCUT2D eigenvalue weighted by molar-refractivity contribution is 7.19. The number of ether oxygens (including phenoxy) is 1. The third-order valence-electron chi connectivity index (χ3n) is 4.43. The molecule has 1 amide bonds. The van der Waals surface area contributed by atoms with Gasteiger partial charge in [0.25, 0.3) is 11.5 Å². The predicted octanol–water partition coefficient (Wildman–Crippen LogP) is 3.21. The summed E-state index contributed by atoms with van der Waals surface area (Å²) < 4.78 is 6.96. The maximum atomic E-state index is 12.4. The molecule has 2 heterocycles. The molecule has 0 aliphatic carbocycles. The normalized spacial score (nSPS) is 11.9. The largest absolute Gasteiger partial charge is 0.481 e. The monoisotopic (exact) mass is 420 g/mol. The van der Waals surface area contributed by atoms with Crippen LogP contribution in [0.5, 0.6) is 5.75 Å². The molecule has 0 saturated carbocycles. The minimum absolute atomic E-state index is 0.130. The lowest BCUT2D eigenvalue weighted by Crippen LogP contribution is -2.36. The van der Waals surface area contributed by atoms with E-state index in [-0.39, 0.29) is 18.0 Å². The van der Waals surface area contributed by atoms with Gasteiger partial charge in [0.1, 0.15) is 10.8 Å². The van der Waals surface area contributed by atoms with Gasteiger partial charge in [0.05, 0.1) is 12.2 Å². The van der Waals surface area contributed by atoms with E-state index in [4.69, 9.17) is 4.74 Å². The number of benzene rings is 2. The molecule has 30 heavy (non-hydrogen) atoms. The third-order valence-corrected chi connectivity index (χ3v) is 5.39. The molecule has 2 aromatic carbocycles. The zero-order chi connectivity index (χ0) is 21.1. The van der Waals surface area contributed by atoms with Gasteiger partial charge >= 0.3 is 0 Å². The maximum Gasteiger partial charge on any atom is 0.275 e. The molecule has 7 nitrogen and oxygen atoms in total. The molecule has 0 aliphatic heterocycles. The highest BCUT2D eigenvalue weighted by Gasteiger charge is 2.16. The van der Waals surface area contributed by atoms with Crippen LogP contribution >= 0.6 is 11.3 Å². The van der Waals surface area contributed by atoms with Gasteiger partial charge in [-0.2, -0.15) is 9.61 Å². The van der Waals surface area contributed by atoms with Crippen molar-refractivity contribution >= 4 is 22.2 Å². The van der Waals surface area contributed by atoms with E-state index in [0.717, 1.165) is 11.1 Å². The molecule has 0 spiro atoms. The Morgan fingerprint density at radius 3 is 2.73 bits per heavy atom. The Kier molecular flexibility index (Phi) is 5.58. The number of aryl methyl sites for hydroxylation is 1. The number of carbonyl (C=O) groups is 1. The Bertz CT molecular complexity index is 1250. The van der Waals surface area contributed by atoms with E-state index >= 15 is 0 Å². The maximum absolute atomic E-state index is 12.4. The van der Waals surface area contributed by atoms with Gasteiger partial charge in [-0.3, -0.25) is 9.59 Å². The van der Waals surface area contributed by atoms with Gasteiger partial charge in [-0.1, -0.05) is 53.8 Å². The minimum Gasteiger partial charge on any atom is -0.481 e. The van der Waals surface area contributed by atoms with E-state index in [1.807, 2.05) is 55.5 Å². The molecule has 1 atom stereocenters. The Labute approximate surface area is 177 Å². The quantitative estimate of drug-likeness (QED) is 0.518. The Hall–Kier alpha value is -3.52. The summed E-state index contributed by atoms with van der Waals surface area (Å²) in [5.74, 6) is 0.348. The van der Waals surface area contributed by atoms with Gasteiger partial charge in [0.15, 0.2) is 6.10 Å². The number of nitrogens with zero attached hydrogens (tertiary/aromatic N) is 3. The summed E-state index contributed by atoms with van der Waals surface area (Å²) in [6.07, 6.45) is -0.676. The lowest BCUT2D eigenvalue weighted by Gasteiger charge is -2.14. The Morgan fingerprint density at radius 2 is 1.97 bits per heavy atom. The summed E-state index contributed by atoms with van der Waals surface area (Å²) in [5, 5.41) is 7.84. The third kappa shape index (κ3) is 4.38. The molecular weight excluding hydrogens is 400 g/mol. The SMILES string of the molecule is Cc1cccc(O[C@H](C)C(=O)NCc2cc(=O)n3nc(-c4ccccc4)sc3n2)c1. The molecule has 4 aromatic rings. The van der Waals surface area contributed by atoms with Gasteiger partial charge in [0.2, 0.25) is 4.96 Å². The highest BCUT2D eigenvalue weighted by Crippen LogP contribution is 2.23. The van der Waals surface area contributed by atoms with Crippen molar-refractivity contribution in [1.29, 1.82) is 0 Å². The zero-order valence-electron chi connectivity index (χ0n) is 16.5. The van der Waals surface area contributed by atoms with Crippen LogP contribution in [-0.2, 0) is 11.3 Å². The van der Waals surface area contributed by atoms with Gasteiger partial charge in [-0.15, -0.1) is 0 Å². The van der Waals surface area contributed by atoms with E-state index in [1.165, 1.54) is 21.9 Å². The first-order chi connectivity index (χ1) is 14.5. The van der Waals surface area contributed by atoms with Crippen LogP contribution in [0.2, 0.25) is 0 Å². The van der Waals surface area contributed by atoms with Crippen LogP contribution in [0.25, 0.3) is 15.5 Å². The molecule has 0 aliphatic rings. The molecule has 1 N–H and O–H groups in total. The fourth-order valence-corrected chi connectivity index (χ4v) is 3.84. The van der Waals surface area contributed by atoms with Crippen molar-refractivity contribution in [3.63, 3.8) is 0 Å². The van der Waals surface area contributed by atoms with Crippen molar-refractivity contribution in [2.24, 2.45) is 0 Å². The van der Waals surface area contributed by atoms with Crippen LogP contribution in [0.3, 0.4) is 0 Å². The van der Waals surface area contributed by atoms with Crippen LogP contribution in [0, 0.1) is 6.92 Å². The summed E-state index contributed by atoms with van der Waals surface area (Å²) >= 11 is 1.33. The van der Waals surface area contributed by atoms with Crippen molar-refractivity contribution < 1.29 is 9.53 Å². The number of rotatable bonds is 6. The second-order valence-corrected chi connectivity index (χ2v) is 7.80. The van der Waals surface area contributed by atoms with E-state index in [9.17, 15) is 9.59 Å². The average molecular weight is 420 g/mol. The number of aromatic nitrogens is 3.